The molecule has 5 nitrogen and oxygen atoms in total. The van der Waals surface area contributed by atoms with Gasteiger partial charge in [0.25, 0.3) is 5.91 Å². The Bertz CT molecular complexity index is 1070. The van der Waals surface area contributed by atoms with Crippen LogP contribution in [-0.2, 0) is 11.3 Å². The molecular formula is C23H23ClN2O3. The van der Waals surface area contributed by atoms with Crippen LogP contribution in [0.2, 0.25) is 5.02 Å². The molecule has 1 unspecified atom stereocenters. The van der Waals surface area contributed by atoms with Crippen molar-refractivity contribution in [3.63, 3.8) is 0 Å². The van der Waals surface area contributed by atoms with Crippen molar-refractivity contribution in [2.45, 2.75) is 32.4 Å². The molecule has 3 aromatic rings. The van der Waals surface area contributed by atoms with Crippen molar-refractivity contribution in [3.05, 3.63) is 70.4 Å². The third-order valence-electron chi connectivity index (χ3n) is 5.44. The maximum atomic E-state index is 13.2. The van der Waals surface area contributed by atoms with Gasteiger partial charge in [-0.2, -0.15) is 0 Å². The highest BCUT2D eigenvalue weighted by Crippen LogP contribution is 2.36. The fourth-order valence-electron chi connectivity index (χ4n) is 3.61. The molecule has 1 saturated carbocycles. The average molecular weight is 411 g/mol. The monoisotopic (exact) mass is 410 g/mol. The van der Waals surface area contributed by atoms with Crippen molar-refractivity contribution < 1.29 is 14.3 Å². The van der Waals surface area contributed by atoms with E-state index in [0.29, 0.717) is 22.2 Å². The first-order valence-corrected chi connectivity index (χ1v) is 10.1. The van der Waals surface area contributed by atoms with Crippen LogP contribution in [0.3, 0.4) is 0 Å². The van der Waals surface area contributed by atoms with Gasteiger partial charge in [0.15, 0.2) is 0 Å². The van der Waals surface area contributed by atoms with Gasteiger partial charge in [0.05, 0.1) is 29.3 Å². The van der Waals surface area contributed by atoms with Gasteiger partial charge in [0, 0.05) is 11.9 Å². The molecule has 1 aliphatic rings. The molecule has 6 heteroatoms. The number of para-hydroxylation sites is 1. The number of ether oxygens (including phenoxy) is 1. The van der Waals surface area contributed by atoms with Gasteiger partial charge in [-0.1, -0.05) is 41.9 Å². The summed E-state index contributed by atoms with van der Waals surface area (Å²) < 4.78 is 6.78. The molecule has 1 aromatic heterocycles. The van der Waals surface area contributed by atoms with Crippen LogP contribution >= 0.6 is 11.6 Å². The summed E-state index contributed by atoms with van der Waals surface area (Å²) in [6, 6.07) is 14.6. The Kier molecular flexibility index (Phi) is 5.33. The second-order valence-corrected chi connectivity index (χ2v) is 7.92. The largest absolute Gasteiger partial charge is 0.465 e. The molecule has 1 amide bonds. The van der Waals surface area contributed by atoms with Crippen LogP contribution in [0, 0.1) is 5.92 Å². The second-order valence-electron chi connectivity index (χ2n) is 7.54. The Labute approximate surface area is 174 Å². The number of aromatic nitrogens is 1. The lowest BCUT2D eigenvalue weighted by molar-refractivity contribution is 0.0600. The molecule has 1 fully saturated rings. The maximum absolute atomic E-state index is 13.2. The van der Waals surface area contributed by atoms with E-state index < -0.39 is 0 Å². The third-order valence-corrected chi connectivity index (χ3v) is 5.82. The standard InChI is InChI=1S/C23H23ClN2O3/c1-14(16-9-11-17(12-10-16)23(28)29-2)25-22(27)21-20(24)18-5-3-4-6-19(18)26(21)13-15-7-8-15/h3-6,9-12,14-15H,7-8,13H2,1-2H3,(H,25,27). The predicted octanol–water partition coefficient (Wildman–Crippen LogP) is 4.98. The van der Waals surface area contributed by atoms with Gasteiger partial charge in [-0.05, 0) is 49.4 Å². The molecule has 4 rings (SSSR count). The molecule has 0 bridgehead atoms. The van der Waals surface area contributed by atoms with Gasteiger partial charge in [-0.25, -0.2) is 4.79 Å². The summed E-state index contributed by atoms with van der Waals surface area (Å²) in [5.74, 6) is 0.0257. The van der Waals surface area contributed by atoms with E-state index in [-0.39, 0.29) is 17.9 Å². The fraction of sp³-hybridized carbons (Fsp3) is 0.304. The van der Waals surface area contributed by atoms with E-state index in [1.165, 1.54) is 20.0 Å². The second kappa shape index (κ2) is 7.91. The number of halogens is 1. The first-order chi connectivity index (χ1) is 14.0. The molecule has 150 valence electrons. The van der Waals surface area contributed by atoms with E-state index in [1.54, 1.807) is 12.1 Å². The Morgan fingerprint density at radius 1 is 1.17 bits per heavy atom. The number of methoxy groups -OCH3 is 1. The smallest absolute Gasteiger partial charge is 0.337 e. The molecule has 0 saturated heterocycles. The van der Waals surface area contributed by atoms with E-state index in [4.69, 9.17) is 16.3 Å². The van der Waals surface area contributed by atoms with E-state index in [0.717, 1.165) is 23.0 Å². The van der Waals surface area contributed by atoms with Gasteiger partial charge < -0.3 is 14.6 Å². The molecule has 0 aliphatic heterocycles. The number of nitrogens with one attached hydrogen (secondary N) is 1. The Morgan fingerprint density at radius 3 is 2.52 bits per heavy atom. The van der Waals surface area contributed by atoms with Crippen molar-refractivity contribution in [2.75, 3.05) is 7.11 Å². The summed E-state index contributed by atoms with van der Waals surface area (Å²) in [5, 5.41) is 4.44. The Balaban J connectivity index is 1.60. The molecule has 1 heterocycles. The Morgan fingerprint density at radius 2 is 1.86 bits per heavy atom. The minimum atomic E-state index is -0.385. The highest BCUT2D eigenvalue weighted by Gasteiger charge is 2.28. The number of carbonyl (C=O) groups excluding carboxylic acids is 2. The van der Waals surface area contributed by atoms with Crippen LogP contribution in [0.15, 0.2) is 48.5 Å². The quantitative estimate of drug-likeness (QED) is 0.583. The zero-order valence-corrected chi connectivity index (χ0v) is 17.2. The van der Waals surface area contributed by atoms with Gasteiger partial charge in [-0.15, -0.1) is 0 Å². The summed E-state index contributed by atoms with van der Waals surface area (Å²) in [7, 11) is 1.35. The lowest BCUT2D eigenvalue weighted by Crippen LogP contribution is -2.29. The number of hydrogen-bond acceptors (Lipinski definition) is 3. The van der Waals surface area contributed by atoms with Crippen LogP contribution in [0.1, 0.15) is 52.2 Å². The zero-order valence-electron chi connectivity index (χ0n) is 16.4. The maximum Gasteiger partial charge on any atom is 0.337 e. The van der Waals surface area contributed by atoms with E-state index in [9.17, 15) is 9.59 Å². The van der Waals surface area contributed by atoms with Crippen molar-refractivity contribution in [1.29, 1.82) is 0 Å². The van der Waals surface area contributed by atoms with Gasteiger partial charge in [0.2, 0.25) is 0 Å². The normalized spacial score (nSPS) is 14.6. The van der Waals surface area contributed by atoms with Crippen LogP contribution in [0.5, 0.6) is 0 Å². The number of nitrogens with zero attached hydrogens (tertiary/aromatic N) is 1. The molecule has 1 atom stereocenters. The van der Waals surface area contributed by atoms with Crippen molar-refractivity contribution in [3.8, 4) is 0 Å². The van der Waals surface area contributed by atoms with Gasteiger partial charge >= 0.3 is 5.97 Å². The number of hydrogen-bond donors (Lipinski definition) is 1. The SMILES string of the molecule is COC(=O)c1ccc(C(C)NC(=O)c2c(Cl)c3ccccc3n2CC2CC2)cc1. The van der Waals surface area contributed by atoms with Crippen molar-refractivity contribution in [1.82, 2.24) is 9.88 Å². The van der Waals surface area contributed by atoms with E-state index in [1.807, 2.05) is 43.3 Å². The van der Waals surface area contributed by atoms with Gasteiger partial charge in [0.1, 0.15) is 5.69 Å². The summed E-state index contributed by atoms with van der Waals surface area (Å²) in [6.07, 6.45) is 2.38. The summed E-state index contributed by atoms with van der Waals surface area (Å²) in [6.45, 7) is 2.71. The van der Waals surface area contributed by atoms with Crippen LogP contribution in [0.25, 0.3) is 10.9 Å². The number of benzene rings is 2. The van der Waals surface area contributed by atoms with E-state index in [2.05, 4.69) is 9.88 Å². The molecule has 1 aliphatic carbocycles. The first kappa shape index (κ1) is 19.5. The number of esters is 1. The molecular weight excluding hydrogens is 388 g/mol. The summed E-state index contributed by atoms with van der Waals surface area (Å²) in [5.41, 5.74) is 2.87. The highest BCUT2D eigenvalue weighted by molar-refractivity contribution is 6.38. The molecule has 0 radical (unpaired) electrons. The molecule has 2 aromatic carbocycles. The first-order valence-electron chi connectivity index (χ1n) is 9.75. The number of fused-ring (bicyclic) bond motifs is 1. The predicted molar refractivity (Wildman–Crippen MR) is 113 cm³/mol. The number of rotatable bonds is 6. The van der Waals surface area contributed by atoms with E-state index >= 15 is 0 Å². The van der Waals surface area contributed by atoms with Crippen LogP contribution in [-0.4, -0.2) is 23.6 Å². The lowest BCUT2D eigenvalue weighted by Gasteiger charge is -2.16. The topological polar surface area (TPSA) is 60.3 Å². The molecule has 0 spiro atoms. The minimum absolute atomic E-state index is 0.198. The van der Waals surface area contributed by atoms with Gasteiger partial charge in [-0.3, -0.25) is 4.79 Å². The summed E-state index contributed by atoms with van der Waals surface area (Å²) in [4.78, 5) is 24.8. The van der Waals surface area contributed by atoms with Crippen molar-refractivity contribution in [2.24, 2.45) is 5.92 Å². The molecule has 29 heavy (non-hydrogen) atoms. The highest BCUT2D eigenvalue weighted by atomic mass is 35.5. The number of carbonyl (C=O) groups is 2. The van der Waals surface area contributed by atoms with Crippen LogP contribution < -0.4 is 5.32 Å². The third kappa shape index (κ3) is 3.87. The Hall–Kier alpha value is -2.79. The van der Waals surface area contributed by atoms with Crippen LogP contribution in [0.4, 0.5) is 0 Å². The average Bonchev–Trinajstić information content (AvgIpc) is 3.52. The summed E-state index contributed by atoms with van der Waals surface area (Å²) >= 11 is 6.63. The zero-order chi connectivity index (χ0) is 20.5. The number of amides is 1. The van der Waals surface area contributed by atoms with Crippen molar-refractivity contribution >= 4 is 34.4 Å². The fourth-order valence-corrected chi connectivity index (χ4v) is 3.95. The lowest BCUT2D eigenvalue weighted by atomic mass is 10.1. The molecule has 1 N–H and O–H groups in total. The minimum Gasteiger partial charge on any atom is -0.465 e.